The van der Waals surface area contributed by atoms with Gasteiger partial charge in [0.15, 0.2) is 22.9 Å². The number of nitrogens with zero attached hydrogens (tertiary/aromatic N) is 4. The van der Waals surface area contributed by atoms with Crippen molar-refractivity contribution in [2.45, 2.75) is 102 Å². The third-order valence-corrected chi connectivity index (χ3v) is 14.0. The number of hydrogen-bond donors (Lipinski definition) is 4. The number of carbonyl (C=O) groups excluding carboxylic acids is 4. The van der Waals surface area contributed by atoms with Gasteiger partial charge in [-0.05, 0) is 69.9 Å². The van der Waals surface area contributed by atoms with Gasteiger partial charge in [0.05, 0.1) is 34.2 Å². The van der Waals surface area contributed by atoms with Crippen molar-refractivity contribution in [1.29, 1.82) is 0 Å². The van der Waals surface area contributed by atoms with E-state index in [0.717, 1.165) is 19.3 Å². The highest BCUT2D eigenvalue weighted by molar-refractivity contribution is 6.31. The molecule has 2 fully saturated rings. The van der Waals surface area contributed by atoms with Crippen molar-refractivity contribution in [3.8, 4) is 11.5 Å². The normalized spacial score (nSPS) is 23.6. The van der Waals surface area contributed by atoms with Crippen LogP contribution in [0, 0.1) is 17.6 Å². The molecule has 6 atom stereocenters. The van der Waals surface area contributed by atoms with Gasteiger partial charge in [0.2, 0.25) is 10.9 Å². The van der Waals surface area contributed by atoms with Crippen LogP contribution in [-0.2, 0) is 25.9 Å². The van der Waals surface area contributed by atoms with E-state index in [0.29, 0.717) is 49.5 Å². The Hall–Kier alpha value is -5.74. The van der Waals surface area contributed by atoms with Crippen LogP contribution in [0.1, 0.15) is 122 Å². The molecule has 324 valence electrons. The third kappa shape index (κ3) is 6.39. The molecule has 4 amide bonds. The molecule has 6 aliphatic heterocycles. The Morgan fingerprint density at radius 2 is 1.18 bits per heavy atom. The molecule has 62 heavy (non-hydrogen) atoms. The number of carbonyl (C=O) groups is 4. The number of fused-ring (bicyclic) bond motifs is 4. The zero-order valence-electron chi connectivity index (χ0n) is 33.6. The average Bonchev–Trinajstić information content (AvgIpc) is 4.05. The molecule has 4 N–H and O–H groups in total. The summed E-state index contributed by atoms with van der Waals surface area (Å²) in [6.07, 6.45) is 4.82. The fourth-order valence-corrected chi connectivity index (χ4v) is 11.1. The maximum atomic E-state index is 14.1. The molecular formula is C44H42Cl2F2N6O8. The van der Waals surface area contributed by atoms with Gasteiger partial charge in [-0.25, -0.2) is 8.78 Å². The Balaban J connectivity index is 0.000000158. The number of aromatic hydroxyl groups is 2. The van der Waals surface area contributed by atoms with Crippen LogP contribution >= 0.6 is 23.2 Å². The monoisotopic (exact) mass is 890 g/mol. The lowest BCUT2D eigenvalue weighted by atomic mass is 9.98. The molecule has 14 nitrogen and oxygen atoms in total. The van der Waals surface area contributed by atoms with Crippen molar-refractivity contribution in [1.82, 2.24) is 29.6 Å². The Kier molecular flexibility index (Phi) is 10.4. The van der Waals surface area contributed by atoms with E-state index in [-0.39, 0.29) is 98.8 Å². The van der Waals surface area contributed by atoms with Gasteiger partial charge in [0, 0.05) is 48.2 Å². The molecule has 10 rings (SSSR count). The summed E-state index contributed by atoms with van der Waals surface area (Å²) in [5, 5.41) is 26.3. The molecule has 8 heterocycles. The van der Waals surface area contributed by atoms with Gasteiger partial charge in [0.1, 0.15) is 22.8 Å². The summed E-state index contributed by atoms with van der Waals surface area (Å²) in [6, 6.07) is 8.80. The number of pyridine rings is 2. The van der Waals surface area contributed by atoms with E-state index < -0.39 is 45.8 Å². The average molecular weight is 892 g/mol. The van der Waals surface area contributed by atoms with Crippen LogP contribution in [0.2, 0.25) is 10.0 Å². The molecule has 0 bridgehead atoms. The van der Waals surface area contributed by atoms with Crippen molar-refractivity contribution in [3.05, 3.63) is 124 Å². The summed E-state index contributed by atoms with van der Waals surface area (Å²) in [5.74, 6) is -4.48. The van der Waals surface area contributed by atoms with E-state index in [1.807, 2.05) is 6.92 Å². The van der Waals surface area contributed by atoms with E-state index in [1.165, 1.54) is 24.3 Å². The highest BCUT2D eigenvalue weighted by Crippen LogP contribution is 2.47. The molecule has 4 aromatic rings. The number of rotatable bonds is 6. The zero-order valence-corrected chi connectivity index (χ0v) is 35.2. The van der Waals surface area contributed by atoms with Crippen LogP contribution in [0.5, 0.6) is 11.5 Å². The summed E-state index contributed by atoms with van der Waals surface area (Å²) < 4.78 is 31.7. The third-order valence-electron chi connectivity index (χ3n) is 13.4. The summed E-state index contributed by atoms with van der Waals surface area (Å²) in [5.41, 5.74) is -0.868. The minimum Gasteiger partial charge on any atom is -0.503 e. The molecule has 2 aromatic carbocycles. The Labute approximate surface area is 363 Å². The maximum absolute atomic E-state index is 14.1. The van der Waals surface area contributed by atoms with Gasteiger partial charge < -0.3 is 39.8 Å². The summed E-state index contributed by atoms with van der Waals surface area (Å²) in [4.78, 5) is 81.5. The zero-order chi connectivity index (χ0) is 44.0. The highest BCUT2D eigenvalue weighted by atomic mass is 35.5. The lowest BCUT2D eigenvalue weighted by Crippen LogP contribution is -2.50. The molecule has 0 radical (unpaired) electrons. The van der Waals surface area contributed by atoms with E-state index in [9.17, 15) is 47.8 Å². The van der Waals surface area contributed by atoms with E-state index in [1.54, 1.807) is 31.1 Å². The quantitative estimate of drug-likeness (QED) is 0.199. The van der Waals surface area contributed by atoms with Crippen LogP contribution in [0.4, 0.5) is 8.78 Å². The van der Waals surface area contributed by atoms with Crippen molar-refractivity contribution in [2.24, 2.45) is 5.92 Å². The highest BCUT2D eigenvalue weighted by Gasteiger charge is 2.51. The lowest BCUT2D eigenvalue weighted by Gasteiger charge is -2.39. The number of hydrogen-bond acceptors (Lipinski definition) is 8. The SMILES string of the molecule is C[C@@H]1CC2C3CCc4c(C(=O)NCc5cccc(Cl)c5F)c(=O)c(O)c(n43)C(=O)N2C1.C[C@H]1CCC2C3CCc4c(C(=O)NCc5cccc(Cl)c5F)c(=O)c(O)c(n43)C(=O)N21. The largest absolute Gasteiger partial charge is 0.503 e. The van der Waals surface area contributed by atoms with Gasteiger partial charge in [-0.15, -0.1) is 0 Å². The topological polar surface area (TPSA) is 183 Å². The van der Waals surface area contributed by atoms with E-state index >= 15 is 0 Å². The van der Waals surface area contributed by atoms with Crippen LogP contribution in [0.15, 0.2) is 46.0 Å². The Bertz CT molecular complexity index is 2750. The molecule has 4 unspecified atom stereocenters. The fraction of sp³-hybridized carbons (Fsp3) is 0.409. The molecular weight excluding hydrogens is 849 g/mol. The Morgan fingerprint density at radius 3 is 1.69 bits per heavy atom. The molecule has 0 saturated carbocycles. The van der Waals surface area contributed by atoms with Gasteiger partial charge >= 0.3 is 0 Å². The first-order valence-electron chi connectivity index (χ1n) is 20.7. The molecule has 6 aliphatic rings. The number of aromatic nitrogens is 2. The van der Waals surface area contributed by atoms with Crippen LogP contribution < -0.4 is 21.5 Å². The van der Waals surface area contributed by atoms with Gasteiger partial charge in [-0.1, -0.05) is 54.4 Å². The van der Waals surface area contributed by atoms with Crippen molar-refractivity contribution in [3.63, 3.8) is 0 Å². The fourth-order valence-electron chi connectivity index (χ4n) is 10.7. The van der Waals surface area contributed by atoms with Crippen molar-refractivity contribution < 1.29 is 38.2 Å². The second-order valence-corrected chi connectivity index (χ2v) is 17.8. The minimum absolute atomic E-state index is 0.00498. The van der Waals surface area contributed by atoms with Gasteiger partial charge in [0.25, 0.3) is 23.6 Å². The second-order valence-electron chi connectivity index (χ2n) is 17.0. The first-order chi connectivity index (χ1) is 29.6. The predicted molar refractivity (Wildman–Crippen MR) is 222 cm³/mol. The standard InChI is InChI=1S/2C22H21ClFN3O4/c1-10-7-15-13-5-6-14-16(21(30)25-8-11-3-2-4-12(23)17(11)24)19(28)20(29)18(27(13)14)22(31)26(15)9-10;1-10-5-6-13-14-7-8-15-16(19(28)20(29)18(27(14)15)22(31)26(10)13)21(30)25-9-11-3-2-4-12(23)17(11)24/h2-4,10,13,15,29H,5-9H2,1H3,(H,25,30);2-4,10,13-14,29H,5-9H2,1H3,(H,25,30)/t10-,13?,15?;10-,13?,14?/m10/s1. The van der Waals surface area contributed by atoms with Crippen molar-refractivity contribution in [2.75, 3.05) is 6.54 Å². The van der Waals surface area contributed by atoms with Gasteiger partial charge in [-0.2, -0.15) is 0 Å². The van der Waals surface area contributed by atoms with Crippen LogP contribution in [0.3, 0.4) is 0 Å². The van der Waals surface area contributed by atoms with E-state index in [2.05, 4.69) is 17.6 Å². The van der Waals surface area contributed by atoms with Gasteiger partial charge in [-0.3, -0.25) is 28.8 Å². The Morgan fingerprint density at radius 1 is 0.694 bits per heavy atom. The predicted octanol–water partition coefficient (Wildman–Crippen LogP) is 5.40. The summed E-state index contributed by atoms with van der Waals surface area (Å²) in [6.45, 7) is 4.31. The first-order valence-corrected chi connectivity index (χ1v) is 21.4. The first kappa shape index (κ1) is 41.6. The summed E-state index contributed by atoms with van der Waals surface area (Å²) >= 11 is 11.6. The molecule has 2 aromatic heterocycles. The minimum atomic E-state index is -0.871. The van der Waals surface area contributed by atoms with E-state index in [4.69, 9.17) is 23.2 Å². The smallest absolute Gasteiger partial charge is 0.275 e. The number of amides is 4. The number of halogens is 4. The summed E-state index contributed by atoms with van der Waals surface area (Å²) in [7, 11) is 0. The molecule has 2 saturated heterocycles. The lowest BCUT2D eigenvalue weighted by molar-refractivity contribution is 0.0540. The van der Waals surface area contributed by atoms with Crippen molar-refractivity contribution >= 4 is 46.8 Å². The van der Waals surface area contributed by atoms with Crippen LogP contribution in [-0.4, -0.2) is 77.4 Å². The van der Waals surface area contributed by atoms with Crippen LogP contribution in [0.25, 0.3) is 0 Å². The number of nitrogens with one attached hydrogen (secondary N) is 2. The molecule has 0 spiro atoms. The molecule has 0 aliphatic carbocycles. The maximum Gasteiger partial charge on any atom is 0.275 e. The second kappa shape index (κ2) is 15.6. The molecule has 18 heteroatoms. The number of benzene rings is 2.